The maximum absolute atomic E-state index is 14.1. The van der Waals surface area contributed by atoms with E-state index in [9.17, 15) is 18.0 Å². The molecule has 0 heterocycles. The lowest BCUT2D eigenvalue weighted by atomic mass is 10.1. The van der Waals surface area contributed by atoms with Crippen LogP contribution >= 0.6 is 0 Å². The summed E-state index contributed by atoms with van der Waals surface area (Å²) in [5.74, 6) is 0.476. The second kappa shape index (κ2) is 15.3. The monoisotopic (exact) mass is 611 g/mol. The number of methoxy groups -OCH3 is 3. The summed E-state index contributed by atoms with van der Waals surface area (Å²) in [6.45, 7) is 5.51. The molecule has 232 valence electrons. The number of carbonyl (C=O) groups is 2. The third-order valence-electron chi connectivity index (χ3n) is 7.05. The van der Waals surface area contributed by atoms with Gasteiger partial charge in [-0.15, -0.1) is 0 Å². The zero-order chi connectivity index (χ0) is 31.6. The number of nitrogens with one attached hydrogen (secondary N) is 1. The predicted molar refractivity (Wildman–Crippen MR) is 166 cm³/mol. The second-order valence-electron chi connectivity index (χ2n) is 10.1. The first-order valence-corrected chi connectivity index (χ1v) is 15.5. The van der Waals surface area contributed by atoms with E-state index in [2.05, 4.69) is 5.32 Å². The highest BCUT2D eigenvalue weighted by Gasteiger charge is 2.33. The Kier molecular flexibility index (Phi) is 11.8. The van der Waals surface area contributed by atoms with Crippen molar-refractivity contribution < 1.29 is 32.2 Å². The van der Waals surface area contributed by atoms with Crippen LogP contribution in [0.3, 0.4) is 0 Å². The van der Waals surface area contributed by atoms with Gasteiger partial charge in [-0.1, -0.05) is 43.2 Å². The Balaban J connectivity index is 2.05. The predicted octanol–water partition coefficient (Wildman–Crippen LogP) is 4.55. The van der Waals surface area contributed by atoms with Gasteiger partial charge in [0.1, 0.15) is 18.3 Å². The summed E-state index contributed by atoms with van der Waals surface area (Å²) >= 11 is 0. The van der Waals surface area contributed by atoms with Crippen LogP contribution in [-0.2, 0) is 26.2 Å². The van der Waals surface area contributed by atoms with Crippen molar-refractivity contribution in [3.05, 3.63) is 77.9 Å². The zero-order valence-corrected chi connectivity index (χ0v) is 26.4. The molecule has 1 N–H and O–H groups in total. The molecule has 43 heavy (non-hydrogen) atoms. The molecule has 2 amide bonds. The molecule has 0 aliphatic carbocycles. The maximum Gasteiger partial charge on any atom is 0.264 e. The van der Waals surface area contributed by atoms with Crippen LogP contribution < -0.4 is 23.8 Å². The fourth-order valence-electron chi connectivity index (χ4n) is 4.39. The normalized spacial score (nSPS) is 11.8. The Morgan fingerprint density at radius 1 is 0.884 bits per heavy atom. The smallest absolute Gasteiger partial charge is 0.264 e. The molecule has 0 saturated carbocycles. The summed E-state index contributed by atoms with van der Waals surface area (Å²) in [5, 5.41) is 2.88. The number of hydrogen-bond donors (Lipinski definition) is 1. The van der Waals surface area contributed by atoms with Gasteiger partial charge < -0.3 is 24.4 Å². The SMILES string of the molecule is CCCCNC(=O)C(C)N(Cc1ccc(OC)cc1)C(=O)CN(c1ccc(OC)c(OC)c1)S(=O)(=O)c1ccc(C)cc1. The first-order chi connectivity index (χ1) is 20.5. The Bertz CT molecular complexity index is 1480. The molecule has 0 spiro atoms. The first-order valence-electron chi connectivity index (χ1n) is 14.1. The minimum absolute atomic E-state index is 0.0211. The summed E-state index contributed by atoms with van der Waals surface area (Å²) in [7, 11) is 0.267. The fraction of sp³-hybridized carbons (Fsp3) is 0.375. The van der Waals surface area contributed by atoms with Crippen molar-refractivity contribution in [1.29, 1.82) is 0 Å². The van der Waals surface area contributed by atoms with Gasteiger partial charge in [-0.05, 0) is 62.2 Å². The van der Waals surface area contributed by atoms with Crippen LogP contribution in [0, 0.1) is 6.92 Å². The molecule has 10 nitrogen and oxygen atoms in total. The van der Waals surface area contributed by atoms with E-state index in [1.807, 2.05) is 13.8 Å². The van der Waals surface area contributed by atoms with Gasteiger partial charge in [0.2, 0.25) is 11.8 Å². The van der Waals surface area contributed by atoms with Crippen LogP contribution in [-0.4, -0.2) is 65.6 Å². The lowest BCUT2D eigenvalue weighted by molar-refractivity contribution is -0.139. The number of benzene rings is 3. The van der Waals surface area contributed by atoms with Crippen LogP contribution in [0.25, 0.3) is 0 Å². The number of ether oxygens (including phenoxy) is 3. The van der Waals surface area contributed by atoms with Crippen molar-refractivity contribution in [3.8, 4) is 17.2 Å². The van der Waals surface area contributed by atoms with E-state index in [-0.39, 0.29) is 23.0 Å². The highest BCUT2D eigenvalue weighted by molar-refractivity contribution is 7.92. The number of anilines is 1. The third-order valence-corrected chi connectivity index (χ3v) is 8.84. The van der Waals surface area contributed by atoms with Crippen LogP contribution in [0.5, 0.6) is 17.2 Å². The van der Waals surface area contributed by atoms with Gasteiger partial charge in [0.15, 0.2) is 11.5 Å². The number of carbonyl (C=O) groups excluding carboxylic acids is 2. The number of sulfonamides is 1. The minimum Gasteiger partial charge on any atom is -0.497 e. The first kappa shape index (κ1) is 33.3. The molecule has 11 heteroatoms. The number of aryl methyl sites for hydroxylation is 1. The average Bonchev–Trinajstić information content (AvgIpc) is 3.02. The molecule has 1 unspecified atom stereocenters. The lowest BCUT2D eigenvalue weighted by Crippen LogP contribution is -2.51. The molecule has 1 atom stereocenters. The molecule has 3 aromatic carbocycles. The van der Waals surface area contributed by atoms with Gasteiger partial charge in [-0.2, -0.15) is 0 Å². The fourth-order valence-corrected chi connectivity index (χ4v) is 5.80. The van der Waals surface area contributed by atoms with E-state index >= 15 is 0 Å². The molecule has 0 aliphatic rings. The van der Waals surface area contributed by atoms with Gasteiger partial charge in [0, 0.05) is 19.2 Å². The van der Waals surface area contributed by atoms with Crippen molar-refractivity contribution in [2.75, 3.05) is 38.7 Å². The molecular formula is C32H41N3O7S. The Hall–Kier alpha value is -4.25. The molecule has 0 radical (unpaired) electrons. The van der Waals surface area contributed by atoms with Crippen molar-refractivity contribution >= 4 is 27.5 Å². The molecule has 0 bridgehead atoms. The van der Waals surface area contributed by atoms with Crippen molar-refractivity contribution in [3.63, 3.8) is 0 Å². The highest BCUT2D eigenvalue weighted by atomic mass is 32.2. The lowest BCUT2D eigenvalue weighted by Gasteiger charge is -2.32. The maximum atomic E-state index is 14.1. The van der Waals surface area contributed by atoms with Gasteiger partial charge in [-0.3, -0.25) is 13.9 Å². The Labute approximate surface area is 254 Å². The van der Waals surface area contributed by atoms with Gasteiger partial charge in [0.25, 0.3) is 10.0 Å². The summed E-state index contributed by atoms with van der Waals surface area (Å²) in [6, 6.07) is 17.3. The van der Waals surface area contributed by atoms with Crippen LogP contribution in [0.1, 0.15) is 37.8 Å². The van der Waals surface area contributed by atoms with E-state index in [1.165, 1.54) is 37.3 Å². The minimum atomic E-state index is -4.22. The summed E-state index contributed by atoms with van der Waals surface area (Å²) in [6.07, 6.45) is 1.70. The Morgan fingerprint density at radius 3 is 2.12 bits per heavy atom. The highest BCUT2D eigenvalue weighted by Crippen LogP contribution is 2.34. The van der Waals surface area contributed by atoms with Gasteiger partial charge >= 0.3 is 0 Å². The standard InChI is InChI=1S/C32H41N3O7S/c1-7-8-19-33-32(37)24(3)34(21-25-11-14-27(40-4)15-12-25)31(36)22-35(26-13-18-29(41-5)30(20-26)42-6)43(38,39)28-16-9-23(2)10-17-28/h9-18,20,24H,7-8,19,21-22H2,1-6H3,(H,33,37). The molecule has 0 saturated heterocycles. The Morgan fingerprint density at radius 2 is 1.53 bits per heavy atom. The average molecular weight is 612 g/mol. The number of amides is 2. The number of hydrogen-bond acceptors (Lipinski definition) is 7. The topological polar surface area (TPSA) is 114 Å². The largest absolute Gasteiger partial charge is 0.497 e. The summed E-state index contributed by atoms with van der Waals surface area (Å²) < 4.78 is 45.1. The molecular weight excluding hydrogens is 570 g/mol. The molecule has 0 aliphatic heterocycles. The summed E-state index contributed by atoms with van der Waals surface area (Å²) in [4.78, 5) is 28.6. The van der Waals surface area contributed by atoms with E-state index < -0.39 is 28.5 Å². The van der Waals surface area contributed by atoms with Gasteiger partial charge in [-0.25, -0.2) is 8.42 Å². The van der Waals surface area contributed by atoms with Crippen molar-refractivity contribution in [2.45, 2.75) is 51.1 Å². The van der Waals surface area contributed by atoms with Gasteiger partial charge in [0.05, 0.1) is 31.9 Å². The number of nitrogens with zero attached hydrogens (tertiary/aromatic N) is 2. The van der Waals surface area contributed by atoms with E-state index in [4.69, 9.17) is 14.2 Å². The zero-order valence-electron chi connectivity index (χ0n) is 25.6. The van der Waals surface area contributed by atoms with E-state index in [0.717, 1.165) is 28.3 Å². The molecule has 0 aromatic heterocycles. The van der Waals surface area contributed by atoms with Crippen molar-refractivity contribution in [1.82, 2.24) is 10.2 Å². The number of unbranched alkanes of at least 4 members (excludes halogenated alkanes) is 1. The van der Waals surface area contributed by atoms with Crippen LogP contribution in [0.2, 0.25) is 0 Å². The quantitative estimate of drug-likeness (QED) is 0.251. The third kappa shape index (κ3) is 8.41. The van der Waals surface area contributed by atoms with E-state index in [0.29, 0.717) is 23.8 Å². The summed E-state index contributed by atoms with van der Waals surface area (Å²) in [5.41, 5.74) is 1.85. The molecule has 0 fully saturated rings. The van der Waals surface area contributed by atoms with Crippen LogP contribution in [0.15, 0.2) is 71.6 Å². The second-order valence-corrected chi connectivity index (χ2v) is 11.9. The molecule has 3 aromatic rings. The number of rotatable bonds is 15. The van der Waals surface area contributed by atoms with Crippen LogP contribution in [0.4, 0.5) is 5.69 Å². The molecule has 3 rings (SSSR count). The van der Waals surface area contributed by atoms with Crippen molar-refractivity contribution in [2.24, 2.45) is 0 Å². The van der Waals surface area contributed by atoms with E-state index in [1.54, 1.807) is 62.6 Å².